The lowest BCUT2D eigenvalue weighted by molar-refractivity contribution is -0.124. The Balaban J connectivity index is 1.70. The molecule has 0 saturated heterocycles. The Labute approximate surface area is 166 Å². The van der Waals surface area contributed by atoms with Crippen LogP contribution in [0.4, 0.5) is 5.69 Å². The lowest BCUT2D eigenvalue weighted by atomic mass is 10.2. The number of halogens is 1. The number of rotatable bonds is 7. The molecule has 5 nitrogen and oxygen atoms in total. The second kappa shape index (κ2) is 10.5. The van der Waals surface area contributed by atoms with Crippen LogP contribution in [0.3, 0.4) is 0 Å². The van der Waals surface area contributed by atoms with Crippen LogP contribution >= 0.6 is 22.6 Å². The van der Waals surface area contributed by atoms with Crippen molar-refractivity contribution in [2.75, 3.05) is 5.32 Å². The predicted molar refractivity (Wildman–Crippen MR) is 114 cm³/mol. The van der Waals surface area contributed by atoms with E-state index in [0.29, 0.717) is 0 Å². The molecule has 0 aliphatic heterocycles. The zero-order valence-electron chi connectivity index (χ0n) is 14.4. The van der Waals surface area contributed by atoms with Crippen molar-refractivity contribution in [2.45, 2.75) is 19.8 Å². The van der Waals surface area contributed by atoms with E-state index in [1.807, 2.05) is 61.5 Å². The average molecular weight is 461 g/mol. The van der Waals surface area contributed by atoms with Crippen LogP contribution in [0.25, 0.3) is 6.08 Å². The number of carbonyl (C=O) groups is 2. The summed E-state index contributed by atoms with van der Waals surface area (Å²) in [6, 6.07) is 15.5. The third kappa shape index (κ3) is 7.18. The molecule has 0 saturated carbocycles. The first-order valence-corrected chi connectivity index (χ1v) is 9.22. The number of allylic oxidation sites excluding steroid dienone is 1. The van der Waals surface area contributed by atoms with Crippen LogP contribution in [0, 0.1) is 10.5 Å². The van der Waals surface area contributed by atoms with Crippen molar-refractivity contribution < 1.29 is 9.59 Å². The molecule has 0 bridgehead atoms. The van der Waals surface area contributed by atoms with E-state index in [0.717, 1.165) is 20.4 Å². The summed E-state index contributed by atoms with van der Waals surface area (Å²) in [5.74, 6) is -0.499. The van der Waals surface area contributed by atoms with Crippen LogP contribution in [-0.2, 0) is 9.59 Å². The summed E-state index contributed by atoms with van der Waals surface area (Å²) in [6.07, 6.45) is 5.30. The summed E-state index contributed by atoms with van der Waals surface area (Å²) >= 11 is 2.22. The number of hydrogen-bond acceptors (Lipinski definition) is 3. The van der Waals surface area contributed by atoms with Gasteiger partial charge in [-0.1, -0.05) is 36.4 Å². The van der Waals surface area contributed by atoms with Gasteiger partial charge in [0.15, 0.2) is 0 Å². The minimum absolute atomic E-state index is 0.0784. The van der Waals surface area contributed by atoms with Gasteiger partial charge in [0, 0.05) is 28.3 Å². The van der Waals surface area contributed by atoms with Crippen molar-refractivity contribution in [1.29, 1.82) is 0 Å². The average Bonchev–Trinajstić information content (AvgIpc) is 2.63. The van der Waals surface area contributed by atoms with Gasteiger partial charge < -0.3 is 5.32 Å². The Morgan fingerprint density at radius 3 is 2.54 bits per heavy atom. The van der Waals surface area contributed by atoms with Gasteiger partial charge >= 0.3 is 0 Å². The van der Waals surface area contributed by atoms with Gasteiger partial charge in [-0.3, -0.25) is 9.59 Å². The predicted octanol–water partition coefficient (Wildman–Crippen LogP) is 4.13. The van der Waals surface area contributed by atoms with Crippen LogP contribution in [0.5, 0.6) is 0 Å². The molecular weight excluding hydrogens is 441 g/mol. The molecule has 0 aliphatic carbocycles. The van der Waals surface area contributed by atoms with Crippen LogP contribution in [-0.4, -0.2) is 18.0 Å². The van der Waals surface area contributed by atoms with Gasteiger partial charge in [-0.2, -0.15) is 5.10 Å². The second-order valence-corrected chi connectivity index (χ2v) is 6.84. The molecule has 2 rings (SSSR count). The summed E-state index contributed by atoms with van der Waals surface area (Å²) in [5, 5.41) is 6.64. The van der Waals surface area contributed by atoms with Crippen LogP contribution in [0.1, 0.15) is 24.0 Å². The highest BCUT2D eigenvalue weighted by Crippen LogP contribution is 2.17. The maximum atomic E-state index is 11.9. The zero-order valence-corrected chi connectivity index (χ0v) is 16.6. The lowest BCUT2D eigenvalue weighted by Gasteiger charge is -2.08. The lowest BCUT2D eigenvalue weighted by Crippen LogP contribution is -2.20. The molecule has 0 radical (unpaired) electrons. The highest BCUT2D eigenvalue weighted by atomic mass is 127. The summed E-state index contributed by atoms with van der Waals surface area (Å²) in [7, 11) is 0. The fourth-order valence-corrected chi connectivity index (χ4v) is 2.78. The molecule has 2 aromatic rings. The van der Waals surface area contributed by atoms with Crippen molar-refractivity contribution in [2.24, 2.45) is 5.10 Å². The fourth-order valence-electron chi connectivity index (χ4n) is 2.13. The second-order valence-electron chi connectivity index (χ2n) is 5.59. The Morgan fingerprint density at radius 1 is 1.08 bits per heavy atom. The molecular formula is C20H20IN3O2. The van der Waals surface area contributed by atoms with E-state index in [1.165, 1.54) is 6.21 Å². The first kappa shape index (κ1) is 19.8. The number of nitrogens with zero attached hydrogens (tertiary/aromatic N) is 1. The van der Waals surface area contributed by atoms with E-state index in [1.54, 1.807) is 6.08 Å². The van der Waals surface area contributed by atoms with Crippen molar-refractivity contribution in [1.82, 2.24) is 5.43 Å². The Hall–Kier alpha value is -2.48. The van der Waals surface area contributed by atoms with Crippen molar-refractivity contribution in [3.63, 3.8) is 0 Å². The number of benzene rings is 2. The normalized spacial score (nSPS) is 11.0. The van der Waals surface area contributed by atoms with Gasteiger partial charge in [-0.15, -0.1) is 0 Å². The zero-order chi connectivity index (χ0) is 18.8. The quantitative estimate of drug-likeness (QED) is 0.370. The summed E-state index contributed by atoms with van der Waals surface area (Å²) < 4.78 is 1.11. The Bertz CT molecular complexity index is 817. The molecule has 2 amide bonds. The molecule has 134 valence electrons. The molecule has 0 aromatic heterocycles. The van der Waals surface area contributed by atoms with Crippen LogP contribution in [0.15, 0.2) is 59.7 Å². The smallest absolute Gasteiger partial charge is 0.240 e. The largest absolute Gasteiger partial charge is 0.326 e. The number of nitrogens with one attached hydrogen (secondary N) is 2. The number of carbonyl (C=O) groups excluding carboxylic acids is 2. The topological polar surface area (TPSA) is 70.6 Å². The third-order valence-corrected chi connectivity index (χ3v) is 4.15. The monoisotopic (exact) mass is 461 g/mol. The minimum Gasteiger partial charge on any atom is -0.326 e. The molecule has 0 spiro atoms. The van der Waals surface area contributed by atoms with Crippen LogP contribution in [0.2, 0.25) is 0 Å². The van der Waals surface area contributed by atoms with Gasteiger partial charge in [0.2, 0.25) is 11.8 Å². The number of amides is 2. The van der Waals surface area contributed by atoms with E-state index in [2.05, 4.69) is 38.4 Å². The maximum absolute atomic E-state index is 11.9. The molecule has 0 fully saturated rings. The van der Waals surface area contributed by atoms with Crippen LogP contribution < -0.4 is 10.7 Å². The van der Waals surface area contributed by atoms with E-state index >= 15 is 0 Å². The molecule has 2 aromatic carbocycles. The van der Waals surface area contributed by atoms with Gasteiger partial charge in [-0.05, 0) is 64.9 Å². The fraction of sp³-hybridized carbons (Fsp3) is 0.150. The van der Waals surface area contributed by atoms with E-state index in [4.69, 9.17) is 0 Å². The highest BCUT2D eigenvalue weighted by molar-refractivity contribution is 14.1. The van der Waals surface area contributed by atoms with Gasteiger partial charge in [-0.25, -0.2) is 5.43 Å². The molecule has 0 unspecified atom stereocenters. The van der Waals surface area contributed by atoms with Gasteiger partial charge in [0.25, 0.3) is 0 Å². The van der Waals surface area contributed by atoms with E-state index in [-0.39, 0.29) is 24.7 Å². The highest BCUT2D eigenvalue weighted by Gasteiger charge is 2.08. The molecule has 26 heavy (non-hydrogen) atoms. The number of anilines is 1. The van der Waals surface area contributed by atoms with Crippen molar-refractivity contribution >= 4 is 52.4 Å². The summed E-state index contributed by atoms with van der Waals surface area (Å²) in [4.78, 5) is 23.7. The van der Waals surface area contributed by atoms with Crippen molar-refractivity contribution in [3.05, 3.63) is 69.3 Å². The minimum atomic E-state index is -0.302. The van der Waals surface area contributed by atoms with E-state index in [9.17, 15) is 9.59 Å². The molecule has 0 aliphatic rings. The summed E-state index contributed by atoms with van der Waals surface area (Å²) in [6.45, 7) is 1.93. The maximum Gasteiger partial charge on any atom is 0.240 e. The number of hydrazone groups is 1. The Kier molecular flexibility index (Phi) is 8.01. The number of aryl methyl sites for hydroxylation is 1. The summed E-state index contributed by atoms with van der Waals surface area (Å²) in [5.41, 5.74) is 5.21. The molecule has 2 N–H and O–H groups in total. The first-order valence-electron chi connectivity index (χ1n) is 8.14. The standard InChI is InChI=1S/C20H20IN3O2/c1-15-14-17(21)9-10-18(15)23-19(25)11-12-20(26)24-22-13-5-8-16-6-3-2-4-7-16/h2-10,13-14H,11-12H2,1H3,(H,23,25)(H,24,26)/b8-5+,22-13-. The van der Waals surface area contributed by atoms with Gasteiger partial charge in [0.05, 0.1) is 0 Å². The Morgan fingerprint density at radius 2 is 1.81 bits per heavy atom. The van der Waals surface area contributed by atoms with Gasteiger partial charge in [0.1, 0.15) is 0 Å². The SMILES string of the molecule is Cc1cc(I)ccc1NC(=O)CCC(=O)N/N=C\C=C\c1ccccc1. The third-order valence-electron chi connectivity index (χ3n) is 3.48. The molecule has 0 atom stereocenters. The first-order chi connectivity index (χ1) is 12.5. The molecule has 6 heteroatoms. The molecule has 0 heterocycles. The number of hydrogen-bond donors (Lipinski definition) is 2. The van der Waals surface area contributed by atoms with E-state index < -0.39 is 0 Å². The van der Waals surface area contributed by atoms with Crippen molar-refractivity contribution in [3.8, 4) is 0 Å².